The van der Waals surface area contributed by atoms with Gasteiger partial charge in [0.2, 0.25) is 0 Å². The molecular weight excluding hydrogens is 166 g/mol. The van der Waals surface area contributed by atoms with Crippen LogP contribution in [0.15, 0.2) is 36.4 Å². The fourth-order valence-electron chi connectivity index (χ4n) is 1.19. The number of aromatic nitrogens is 1. The van der Waals surface area contributed by atoms with Gasteiger partial charge in [-0.25, -0.2) is 0 Å². The molecule has 0 saturated carbocycles. The molecule has 0 saturated heterocycles. The predicted molar refractivity (Wildman–Crippen MR) is 54.6 cm³/mol. The third-order valence-corrected chi connectivity index (χ3v) is 3.08. The fourth-order valence-corrected chi connectivity index (χ4v) is 2.35. The van der Waals surface area contributed by atoms with Gasteiger partial charge in [-0.1, -0.05) is 6.92 Å². The molecule has 0 aromatic carbocycles. The van der Waals surface area contributed by atoms with Gasteiger partial charge >= 0.3 is 0 Å². The van der Waals surface area contributed by atoms with Gasteiger partial charge in [0.25, 0.3) is 0 Å². The first-order valence-corrected chi connectivity index (χ1v) is 4.94. The van der Waals surface area contributed by atoms with E-state index in [0.717, 1.165) is 0 Å². The lowest BCUT2D eigenvalue weighted by Crippen LogP contribution is -1.91. The summed E-state index contributed by atoms with van der Waals surface area (Å²) < 4.78 is 0. The molecule has 0 amide bonds. The summed E-state index contributed by atoms with van der Waals surface area (Å²) in [5, 5.41) is 0. The summed E-state index contributed by atoms with van der Waals surface area (Å²) in [4.78, 5) is 5.69. The molecule has 2 heteroatoms. The Morgan fingerprint density at radius 1 is 1.58 bits per heavy atom. The number of fused-ring (bicyclic) bond motifs is 1. The van der Waals surface area contributed by atoms with Crippen LogP contribution in [-0.4, -0.2) is 10.7 Å². The molecular formula is C10H13NS. The molecule has 1 unspecified atom stereocenters. The van der Waals surface area contributed by atoms with Crippen molar-refractivity contribution < 1.29 is 0 Å². The third kappa shape index (κ3) is 1.69. The van der Waals surface area contributed by atoms with Gasteiger partial charge in [-0.15, -0.1) is 24.9 Å². The van der Waals surface area contributed by atoms with Crippen LogP contribution in [0.1, 0.15) is 18.5 Å². The molecule has 1 aliphatic rings. The lowest BCUT2D eigenvalue weighted by molar-refractivity contribution is 0.832. The van der Waals surface area contributed by atoms with Crippen molar-refractivity contribution in [3.05, 3.63) is 37.2 Å². The Balaban J connectivity index is 0.000000336. The van der Waals surface area contributed by atoms with E-state index in [2.05, 4.69) is 31.1 Å². The minimum absolute atomic E-state index is 0.654. The molecule has 1 aliphatic heterocycles. The van der Waals surface area contributed by atoms with Gasteiger partial charge in [0.1, 0.15) is 0 Å². The minimum Gasteiger partial charge on any atom is -0.260 e. The topological polar surface area (TPSA) is 12.9 Å². The summed E-state index contributed by atoms with van der Waals surface area (Å²) in [6.07, 6.45) is 1.88. The van der Waals surface area contributed by atoms with Crippen molar-refractivity contribution in [2.24, 2.45) is 0 Å². The minimum atomic E-state index is 0.654. The number of hydrogen-bond donors (Lipinski definition) is 0. The lowest BCUT2D eigenvalue weighted by atomic mass is 10.1. The maximum absolute atomic E-state index is 4.32. The summed E-state index contributed by atoms with van der Waals surface area (Å²) in [5.41, 5.74) is 1.28. The molecule has 0 bridgehead atoms. The van der Waals surface area contributed by atoms with Gasteiger partial charge in [-0.2, -0.15) is 0 Å². The molecule has 64 valence electrons. The van der Waals surface area contributed by atoms with Crippen LogP contribution in [0.3, 0.4) is 0 Å². The molecule has 0 fully saturated rings. The van der Waals surface area contributed by atoms with Crippen LogP contribution < -0.4 is 0 Å². The maximum Gasteiger partial charge on any atom is 0.0575 e. The van der Waals surface area contributed by atoms with Crippen molar-refractivity contribution in [3.63, 3.8) is 0 Å². The van der Waals surface area contributed by atoms with Crippen LogP contribution in [-0.2, 0) is 0 Å². The maximum atomic E-state index is 4.32. The lowest BCUT2D eigenvalue weighted by Gasteiger charge is -1.98. The molecule has 0 N–H and O–H groups in total. The molecule has 0 radical (unpaired) electrons. The van der Waals surface area contributed by atoms with Gasteiger partial charge in [0.05, 0.1) is 5.69 Å². The average molecular weight is 179 g/mol. The highest BCUT2D eigenvalue weighted by Crippen LogP contribution is 2.36. The van der Waals surface area contributed by atoms with Crippen LogP contribution in [0.25, 0.3) is 0 Å². The molecule has 1 atom stereocenters. The second-order valence-corrected chi connectivity index (χ2v) is 3.66. The Morgan fingerprint density at radius 2 is 2.33 bits per heavy atom. The van der Waals surface area contributed by atoms with E-state index in [1.165, 1.54) is 16.3 Å². The normalized spacial score (nSPS) is 19.2. The molecule has 2 rings (SSSR count). The highest BCUT2D eigenvalue weighted by Gasteiger charge is 2.19. The highest BCUT2D eigenvalue weighted by atomic mass is 32.2. The van der Waals surface area contributed by atoms with Crippen molar-refractivity contribution in [3.8, 4) is 0 Å². The smallest absolute Gasteiger partial charge is 0.0575 e. The zero-order valence-corrected chi connectivity index (χ0v) is 8.10. The van der Waals surface area contributed by atoms with E-state index in [4.69, 9.17) is 0 Å². The summed E-state index contributed by atoms with van der Waals surface area (Å²) in [5.74, 6) is 1.85. The fraction of sp³-hybridized carbons (Fsp3) is 0.300. The average Bonchev–Trinajstić information content (AvgIpc) is 2.53. The molecule has 2 heterocycles. The number of rotatable bonds is 0. The van der Waals surface area contributed by atoms with E-state index >= 15 is 0 Å². The van der Waals surface area contributed by atoms with Crippen molar-refractivity contribution in [1.29, 1.82) is 0 Å². The van der Waals surface area contributed by atoms with E-state index < -0.39 is 0 Å². The quantitative estimate of drug-likeness (QED) is 0.568. The molecule has 0 aliphatic carbocycles. The summed E-state index contributed by atoms with van der Waals surface area (Å²) in [6.45, 7) is 8.23. The molecule has 1 aromatic rings. The predicted octanol–water partition coefficient (Wildman–Crippen LogP) is 3.09. The van der Waals surface area contributed by atoms with Crippen molar-refractivity contribution in [2.45, 2.75) is 17.7 Å². The van der Waals surface area contributed by atoms with Crippen LogP contribution in [0.2, 0.25) is 0 Å². The van der Waals surface area contributed by atoms with Crippen LogP contribution >= 0.6 is 11.8 Å². The van der Waals surface area contributed by atoms with Crippen molar-refractivity contribution >= 4 is 11.8 Å². The van der Waals surface area contributed by atoms with Crippen molar-refractivity contribution in [1.82, 2.24) is 4.98 Å². The van der Waals surface area contributed by atoms with Crippen LogP contribution in [0.5, 0.6) is 0 Å². The van der Waals surface area contributed by atoms with Gasteiger partial charge in [0, 0.05) is 22.8 Å². The number of thioether (sulfide) groups is 1. The number of pyridine rings is 1. The standard InChI is InChI=1S/C8H9NS.C2H4/c1-6-5-10-7-3-2-4-9-8(6)7;1-2/h2-4,6H,5H2,1H3;1-2H2. The van der Waals surface area contributed by atoms with E-state index in [0.29, 0.717) is 5.92 Å². The molecule has 1 aromatic heterocycles. The summed E-state index contributed by atoms with van der Waals surface area (Å²) >= 11 is 1.91. The monoisotopic (exact) mass is 179 g/mol. The molecule has 0 spiro atoms. The van der Waals surface area contributed by atoms with Crippen molar-refractivity contribution in [2.75, 3.05) is 5.75 Å². The Morgan fingerprint density at radius 3 is 3.00 bits per heavy atom. The SMILES string of the molecule is C=C.CC1CSc2cccnc21. The first kappa shape index (κ1) is 9.33. The zero-order chi connectivity index (χ0) is 8.97. The van der Waals surface area contributed by atoms with Crippen LogP contribution in [0.4, 0.5) is 0 Å². The van der Waals surface area contributed by atoms with Gasteiger partial charge in [0.15, 0.2) is 0 Å². The Kier molecular flexibility index (Phi) is 3.35. The van der Waals surface area contributed by atoms with E-state index in [1.807, 2.05) is 24.0 Å². The number of nitrogens with zero attached hydrogens (tertiary/aromatic N) is 1. The highest BCUT2D eigenvalue weighted by molar-refractivity contribution is 7.99. The van der Waals surface area contributed by atoms with Gasteiger partial charge in [-0.3, -0.25) is 4.98 Å². The summed E-state index contributed by atoms with van der Waals surface area (Å²) in [6, 6.07) is 4.15. The second kappa shape index (κ2) is 4.31. The first-order valence-electron chi connectivity index (χ1n) is 3.95. The number of hydrogen-bond acceptors (Lipinski definition) is 2. The zero-order valence-electron chi connectivity index (χ0n) is 7.29. The van der Waals surface area contributed by atoms with E-state index in [9.17, 15) is 0 Å². The summed E-state index contributed by atoms with van der Waals surface area (Å²) in [7, 11) is 0. The molecule has 1 nitrogen and oxygen atoms in total. The second-order valence-electron chi connectivity index (χ2n) is 2.60. The van der Waals surface area contributed by atoms with Gasteiger partial charge in [-0.05, 0) is 12.1 Å². The Labute approximate surface area is 77.9 Å². The molecule has 12 heavy (non-hydrogen) atoms. The first-order chi connectivity index (χ1) is 5.88. The Bertz CT molecular complexity index is 260. The Hall–Kier alpha value is -0.760. The van der Waals surface area contributed by atoms with E-state index in [-0.39, 0.29) is 0 Å². The van der Waals surface area contributed by atoms with Crippen LogP contribution in [0, 0.1) is 0 Å². The van der Waals surface area contributed by atoms with E-state index in [1.54, 1.807) is 0 Å². The largest absolute Gasteiger partial charge is 0.260 e. The van der Waals surface area contributed by atoms with Gasteiger partial charge < -0.3 is 0 Å². The third-order valence-electron chi connectivity index (χ3n) is 1.76.